The number of imidazole rings is 1. The molecule has 46 heavy (non-hydrogen) atoms. The summed E-state index contributed by atoms with van der Waals surface area (Å²) in [5.41, 5.74) is 10.7. The minimum absolute atomic E-state index is 0.0936. The van der Waals surface area contributed by atoms with Gasteiger partial charge in [-0.05, 0) is 73.5 Å². The maximum absolute atomic E-state index is 13.8. The molecule has 5 aromatic rings. The predicted molar refractivity (Wildman–Crippen MR) is 172 cm³/mol. The van der Waals surface area contributed by atoms with Gasteiger partial charge in [-0.25, -0.2) is 4.98 Å². The third kappa shape index (κ3) is 6.88. The van der Waals surface area contributed by atoms with Gasteiger partial charge in [0.1, 0.15) is 5.69 Å². The second-order valence-corrected chi connectivity index (χ2v) is 11.4. The molecule has 0 atom stereocenters. The highest BCUT2D eigenvalue weighted by Crippen LogP contribution is 2.33. The highest BCUT2D eigenvalue weighted by atomic mass is 19.4. The van der Waals surface area contributed by atoms with E-state index in [2.05, 4.69) is 36.9 Å². The molecule has 0 bridgehead atoms. The number of likely N-dealkylation sites (N-methyl/N-ethyl adjacent to an activating group) is 1. The average molecular weight is 624 g/mol. The van der Waals surface area contributed by atoms with Gasteiger partial charge in [0.15, 0.2) is 5.65 Å². The Hall–Kier alpha value is -5.18. The van der Waals surface area contributed by atoms with Crippen LogP contribution in [-0.2, 0) is 12.7 Å². The summed E-state index contributed by atoms with van der Waals surface area (Å²) in [6.07, 6.45) is 0.613. The number of benzene rings is 3. The molecule has 0 spiro atoms. The van der Waals surface area contributed by atoms with Gasteiger partial charge in [0.05, 0.1) is 23.7 Å². The molecule has 2 aromatic heterocycles. The summed E-state index contributed by atoms with van der Waals surface area (Å²) in [5.74, 6) is 5.76. The smallest absolute Gasteiger partial charge is 0.399 e. The summed E-state index contributed by atoms with van der Waals surface area (Å²) in [6.45, 7) is 5.35. The fourth-order valence-electron chi connectivity index (χ4n) is 5.41. The van der Waals surface area contributed by atoms with Crippen molar-refractivity contribution in [2.45, 2.75) is 19.6 Å². The molecule has 0 saturated carbocycles. The summed E-state index contributed by atoms with van der Waals surface area (Å²) < 4.78 is 43.3. The maximum atomic E-state index is 13.8. The summed E-state index contributed by atoms with van der Waals surface area (Å²) in [4.78, 5) is 26.6. The summed E-state index contributed by atoms with van der Waals surface area (Å²) in [6, 6.07) is 16.3. The number of carbonyl (C=O) groups is 1. The Balaban J connectivity index is 1.24. The maximum Gasteiger partial charge on any atom is 0.416 e. The third-order valence-corrected chi connectivity index (χ3v) is 8.09. The number of hydrogen-bond donors (Lipinski definition) is 2. The fraction of sp³-hybridized carbons (Fsp3) is 0.229. The molecule has 3 N–H and O–H groups in total. The molecule has 3 aromatic carbocycles. The van der Waals surface area contributed by atoms with Gasteiger partial charge in [-0.3, -0.25) is 19.1 Å². The highest BCUT2D eigenvalue weighted by Gasteiger charge is 2.31. The number of alkyl halides is 3. The molecule has 1 fully saturated rings. The van der Waals surface area contributed by atoms with E-state index >= 15 is 0 Å². The molecule has 234 valence electrons. The quantitative estimate of drug-likeness (QED) is 0.193. The molecular formula is C35H32F3N7O. The number of aromatic nitrogens is 3. The van der Waals surface area contributed by atoms with E-state index in [1.807, 2.05) is 41.9 Å². The minimum atomic E-state index is -4.55. The van der Waals surface area contributed by atoms with Crippen LogP contribution in [-0.4, -0.2) is 63.3 Å². The summed E-state index contributed by atoms with van der Waals surface area (Å²) >= 11 is 0. The van der Waals surface area contributed by atoms with Crippen LogP contribution in [0, 0.1) is 18.8 Å². The van der Waals surface area contributed by atoms with Crippen LogP contribution < -0.4 is 11.1 Å². The van der Waals surface area contributed by atoms with E-state index in [0.29, 0.717) is 45.8 Å². The van der Waals surface area contributed by atoms with Crippen LogP contribution in [0.5, 0.6) is 0 Å². The lowest BCUT2D eigenvalue weighted by molar-refractivity contribution is -0.137. The number of halogens is 3. The number of piperazine rings is 1. The number of nitrogens with two attached hydrogens (primary N) is 1. The molecule has 0 aliphatic carbocycles. The Morgan fingerprint density at radius 2 is 1.74 bits per heavy atom. The van der Waals surface area contributed by atoms with Crippen LogP contribution in [0.2, 0.25) is 0 Å². The Morgan fingerprint density at radius 1 is 0.978 bits per heavy atom. The predicted octanol–water partition coefficient (Wildman–Crippen LogP) is 5.71. The Morgan fingerprint density at radius 3 is 2.48 bits per heavy atom. The average Bonchev–Trinajstić information content (AvgIpc) is 3.43. The number of nitrogens with one attached hydrogen (secondary N) is 1. The number of anilines is 2. The van der Waals surface area contributed by atoms with Crippen LogP contribution >= 0.6 is 0 Å². The van der Waals surface area contributed by atoms with E-state index in [-0.39, 0.29) is 5.69 Å². The monoisotopic (exact) mass is 623 g/mol. The molecule has 1 aliphatic rings. The van der Waals surface area contributed by atoms with Crippen LogP contribution in [0.15, 0.2) is 79.3 Å². The van der Waals surface area contributed by atoms with Gasteiger partial charge in [-0.2, -0.15) is 13.2 Å². The lowest BCUT2D eigenvalue weighted by atomic mass is 10.0. The van der Waals surface area contributed by atoms with E-state index in [9.17, 15) is 18.0 Å². The lowest BCUT2D eigenvalue weighted by Crippen LogP contribution is -2.43. The van der Waals surface area contributed by atoms with Gasteiger partial charge in [-0.15, -0.1) is 0 Å². The molecule has 11 heteroatoms. The van der Waals surface area contributed by atoms with Crippen molar-refractivity contribution in [3.63, 3.8) is 0 Å². The van der Waals surface area contributed by atoms with Crippen LogP contribution in [0.4, 0.5) is 24.5 Å². The first-order valence-corrected chi connectivity index (χ1v) is 14.8. The SMILES string of the molecule is Cc1c(C#Cc2cnc3cnc(-c4ccc(N)cc4)cn23)cccc1C(=O)Nc1cc(CN2CCN(C)CC2)cc(C(F)(F)F)c1. The molecule has 1 saturated heterocycles. The van der Waals surface area contributed by atoms with Gasteiger partial charge in [0, 0.05) is 67.0 Å². The van der Waals surface area contributed by atoms with Crippen molar-refractivity contribution in [2.75, 3.05) is 44.3 Å². The normalized spacial score (nSPS) is 14.2. The first-order chi connectivity index (χ1) is 22.0. The second-order valence-electron chi connectivity index (χ2n) is 11.4. The van der Waals surface area contributed by atoms with E-state index in [0.717, 1.165) is 49.6 Å². The Kier molecular flexibility index (Phi) is 8.49. The lowest BCUT2D eigenvalue weighted by Gasteiger charge is -2.32. The van der Waals surface area contributed by atoms with Crippen LogP contribution in [0.25, 0.3) is 16.9 Å². The number of amides is 1. The van der Waals surface area contributed by atoms with Crippen LogP contribution in [0.1, 0.15) is 38.3 Å². The Labute approximate surface area is 264 Å². The minimum Gasteiger partial charge on any atom is -0.399 e. The first-order valence-electron chi connectivity index (χ1n) is 14.8. The molecule has 1 amide bonds. The second kappa shape index (κ2) is 12.7. The van der Waals surface area contributed by atoms with E-state index < -0.39 is 17.6 Å². The molecule has 1 aliphatic heterocycles. The fourth-order valence-corrected chi connectivity index (χ4v) is 5.41. The van der Waals surface area contributed by atoms with Crippen LogP contribution in [0.3, 0.4) is 0 Å². The summed E-state index contributed by atoms with van der Waals surface area (Å²) in [7, 11) is 2.02. The molecular weight excluding hydrogens is 591 g/mol. The van der Waals surface area contributed by atoms with Crippen molar-refractivity contribution in [3.8, 4) is 23.1 Å². The largest absolute Gasteiger partial charge is 0.416 e. The number of carbonyl (C=O) groups excluding carboxylic acids is 1. The third-order valence-electron chi connectivity index (χ3n) is 8.09. The van der Waals surface area contributed by atoms with Crippen molar-refractivity contribution in [2.24, 2.45) is 0 Å². The number of hydrogen-bond acceptors (Lipinski definition) is 6. The number of nitrogens with zero attached hydrogens (tertiary/aromatic N) is 5. The standard InChI is InChI=1S/C35H32F3N7O/c1-23-25(8-11-30-19-41-33-20-40-32(22-45(30)33)26-6-9-28(39)10-7-26)4-3-5-31(23)34(46)42-29-17-24(16-27(18-29)35(36,37)38)21-44-14-12-43(2)13-15-44/h3-7,9-10,16-20,22H,12-15,21,39H2,1-2H3,(H,42,46). The number of rotatable bonds is 5. The molecule has 8 nitrogen and oxygen atoms in total. The van der Waals surface area contributed by atoms with Gasteiger partial charge in [0.2, 0.25) is 0 Å². The first kappa shape index (κ1) is 30.8. The Bertz CT molecular complexity index is 1960. The van der Waals surface area contributed by atoms with Crippen molar-refractivity contribution < 1.29 is 18.0 Å². The molecule has 3 heterocycles. The summed E-state index contributed by atoms with van der Waals surface area (Å²) in [5, 5.41) is 2.70. The highest BCUT2D eigenvalue weighted by molar-refractivity contribution is 6.05. The number of nitrogen functional groups attached to an aromatic ring is 1. The zero-order valence-electron chi connectivity index (χ0n) is 25.4. The molecule has 0 radical (unpaired) electrons. The van der Waals surface area contributed by atoms with Crippen molar-refractivity contribution >= 4 is 22.9 Å². The van der Waals surface area contributed by atoms with Gasteiger partial charge < -0.3 is 16.0 Å². The zero-order chi connectivity index (χ0) is 32.4. The van der Waals surface area contributed by atoms with Crippen molar-refractivity contribution in [3.05, 3.63) is 113 Å². The van der Waals surface area contributed by atoms with E-state index in [4.69, 9.17) is 5.73 Å². The van der Waals surface area contributed by atoms with Gasteiger partial charge in [0.25, 0.3) is 5.91 Å². The van der Waals surface area contributed by atoms with Crippen molar-refractivity contribution in [1.82, 2.24) is 24.2 Å². The topological polar surface area (TPSA) is 91.8 Å². The van der Waals surface area contributed by atoms with E-state index in [1.54, 1.807) is 43.6 Å². The number of fused-ring (bicyclic) bond motifs is 1. The van der Waals surface area contributed by atoms with Gasteiger partial charge >= 0.3 is 6.18 Å². The van der Waals surface area contributed by atoms with Gasteiger partial charge in [-0.1, -0.05) is 24.1 Å². The molecule has 0 unspecified atom stereocenters. The molecule has 6 rings (SSSR count). The van der Waals surface area contributed by atoms with E-state index in [1.165, 1.54) is 0 Å². The van der Waals surface area contributed by atoms with Crippen molar-refractivity contribution in [1.29, 1.82) is 0 Å². The zero-order valence-corrected chi connectivity index (χ0v) is 25.4.